The maximum absolute atomic E-state index is 4.09. The summed E-state index contributed by atoms with van der Waals surface area (Å²) in [6.45, 7) is 0. The molecular weight excluding hydrogens is 150 g/mol. The molecule has 0 aromatic carbocycles. The summed E-state index contributed by atoms with van der Waals surface area (Å²) < 4.78 is 0. The molecule has 2 aliphatic rings. The van der Waals surface area contributed by atoms with Gasteiger partial charge in [-0.2, -0.15) is 5.10 Å². The van der Waals surface area contributed by atoms with Crippen LogP contribution in [0, 0.1) is 0 Å². The van der Waals surface area contributed by atoms with Crippen molar-refractivity contribution in [3.8, 4) is 0 Å². The van der Waals surface area contributed by atoms with Crippen molar-refractivity contribution in [1.82, 2.24) is 10.2 Å². The van der Waals surface area contributed by atoms with Crippen LogP contribution in [0.15, 0.2) is 24.3 Å². The van der Waals surface area contributed by atoms with Crippen LogP contribution in [0.1, 0.15) is 0 Å². The first-order chi connectivity index (χ1) is 5.95. The molecule has 0 spiro atoms. The highest BCUT2D eigenvalue weighted by atomic mass is 15.2. The predicted molar refractivity (Wildman–Crippen MR) is 47.6 cm³/mol. The number of hydrogen-bond donors (Lipinski definition) is 2. The molecule has 0 saturated heterocycles. The highest BCUT2D eigenvalue weighted by molar-refractivity contribution is 5.81. The Kier molecular flexibility index (Phi) is 0.913. The fourth-order valence-electron chi connectivity index (χ4n) is 1.46. The van der Waals surface area contributed by atoms with Crippen LogP contribution >= 0.6 is 0 Å². The van der Waals surface area contributed by atoms with Gasteiger partial charge in [-0.1, -0.05) is 18.2 Å². The van der Waals surface area contributed by atoms with E-state index in [4.69, 9.17) is 0 Å². The molecule has 58 valence electrons. The quantitative estimate of drug-likeness (QED) is 0.550. The fourth-order valence-corrected chi connectivity index (χ4v) is 1.46. The average Bonchev–Trinajstić information content (AvgIpc) is 2.32. The van der Waals surface area contributed by atoms with Gasteiger partial charge in [-0.3, -0.25) is 5.10 Å². The number of aromatic nitrogens is 2. The lowest BCUT2D eigenvalue weighted by Crippen LogP contribution is -2.35. The van der Waals surface area contributed by atoms with Crippen LogP contribution in [0.25, 0.3) is 11.8 Å². The summed E-state index contributed by atoms with van der Waals surface area (Å²) in [6, 6.07) is 0. The number of H-pyrrole nitrogens is 1. The van der Waals surface area contributed by atoms with E-state index in [1.807, 2.05) is 30.4 Å². The van der Waals surface area contributed by atoms with Crippen molar-refractivity contribution in [2.24, 2.45) is 0 Å². The van der Waals surface area contributed by atoms with E-state index in [0.717, 1.165) is 16.9 Å². The highest BCUT2D eigenvalue weighted by Crippen LogP contribution is 2.10. The Bertz CT molecular complexity index is 502. The molecule has 1 aliphatic heterocycles. The molecule has 0 unspecified atom stereocenters. The average molecular weight is 157 g/mol. The summed E-state index contributed by atoms with van der Waals surface area (Å²) in [6.07, 6.45) is 10.1. The van der Waals surface area contributed by atoms with Gasteiger partial charge in [-0.25, -0.2) is 0 Å². The maximum atomic E-state index is 4.09. The highest BCUT2D eigenvalue weighted by Gasteiger charge is 2.15. The van der Waals surface area contributed by atoms with Gasteiger partial charge < -0.3 is 5.32 Å². The van der Waals surface area contributed by atoms with Crippen molar-refractivity contribution in [2.75, 3.05) is 5.32 Å². The smallest absolute Gasteiger partial charge is 0.162 e. The topological polar surface area (TPSA) is 40.7 Å². The van der Waals surface area contributed by atoms with Gasteiger partial charge in [0.2, 0.25) is 0 Å². The van der Waals surface area contributed by atoms with Crippen LogP contribution in [0.4, 0.5) is 5.82 Å². The van der Waals surface area contributed by atoms with E-state index in [2.05, 4.69) is 15.5 Å². The summed E-state index contributed by atoms with van der Waals surface area (Å²) in [5.41, 5.74) is 1.15. The lowest BCUT2D eigenvalue weighted by Gasteiger charge is -2.12. The number of anilines is 1. The molecule has 0 fully saturated rings. The molecule has 2 N–H and O–H groups in total. The zero-order valence-corrected chi connectivity index (χ0v) is 6.33. The first-order valence-electron chi connectivity index (χ1n) is 3.86. The minimum atomic E-state index is 0.955. The van der Waals surface area contributed by atoms with E-state index in [9.17, 15) is 0 Å². The normalized spacial score (nSPS) is 25.0. The number of allylic oxidation sites excluding steroid dienone is 3. The van der Waals surface area contributed by atoms with Crippen LogP contribution in [0.2, 0.25) is 0 Å². The standard InChI is InChI=1S/C9H7N3/c1-2-4-6-8-7(5-3-1)11-12-9(8)10-6/h1-5H,(H2,10,11,12). The van der Waals surface area contributed by atoms with E-state index in [1.54, 1.807) is 0 Å². The second-order valence-electron chi connectivity index (χ2n) is 2.81. The van der Waals surface area contributed by atoms with Gasteiger partial charge in [0.1, 0.15) is 0 Å². The van der Waals surface area contributed by atoms with E-state index < -0.39 is 0 Å². The van der Waals surface area contributed by atoms with Crippen LogP contribution in [-0.2, 0) is 0 Å². The molecule has 3 nitrogen and oxygen atoms in total. The molecule has 0 saturated carbocycles. The van der Waals surface area contributed by atoms with Crippen LogP contribution in [0.3, 0.4) is 0 Å². The Morgan fingerprint density at radius 3 is 3.17 bits per heavy atom. The first kappa shape index (κ1) is 5.83. The monoisotopic (exact) mass is 157 g/mol. The number of hydrogen-bond acceptors (Lipinski definition) is 2. The minimum absolute atomic E-state index is 0.955. The molecule has 0 bridgehead atoms. The van der Waals surface area contributed by atoms with Crippen LogP contribution < -0.4 is 15.9 Å². The van der Waals surface area contributed by atoms with E-state index >= 15 is 0 Å². The van der Waals surface area contributed by atoms with Gasteiger partial charge in [0, 0.05) is 0 Å². The largest absolute Gasteiger partial charge is 0.338 e. The van der Waals surface area contributed by atoms with E-state index in [1.165, 1.54) is 5.22 Å². The summed E-state index contributed by atoms with van der Waals surface area (Å²) in [5.74, 6) is 0.955. The molecule has 1 aliphatic carbocycles. The van der Waals surface area contributed by atoms with E-state index in [-0.39, 0.29) is 0 Å². The van der Waals surface area contributed by atoms with Gasteiger partial charge >= 0.3 is 0 Å². The Morgan fingerprint density at radius 2 is 2.17 bits per heavy atom. The molecule has 1 aromatic rings. The number of aromatic amines is 1. The van der Waals surface area contributed by atoms with Crippen molar-refractivity contribution in [1.29, 1.82) is 0 Å². The molecule has 0 amide bonds. The van der Waals surface area contributed by atoms with Gasteiger partial charge in [-0.05, 0) is 12.2 Å². The predicted octanol–water partition coefficient (Wildman–Crippen LogP) is -0.150. The minimum Gasteiger partial charge on any atom is -0.338 e. The number of nitrogens with zero attached hydrogens (tertiary/aromatic N) is 1. The van der Waals surface area contributed by atoms with Gasteiger partial charge in [-0.15, -0.1) is 0 Å². The molecule has 0 radical (unpaired) electrons. The Labute approximate surface area is 68.8 Å². The second kappa shape index (κ2) is 1.88. The molecule has 2 heterocycles. The number of rotatable bonds is 0. The molecule has 12 heavy (non-hydrogen) atoms. The summed E-state index contributed by atoms with van der Waals surface area (Å²) in [4.78, 5) is 0. The second-order valence-corrected chi connectivity index (χ2v) is 2.81. The van der Waals surface area contributed by atoms with E-state index in [0.29, 0.717) is 0 Å². The molecule has 0 atom stereocenters. The lowest BCUT2D eigenvalue weighted by molar-refractivity contribution is 1.07. The summed E-state index contributed by atoms with van der Waals surface area (Å²) in [7, 11) is 0. The van der Waals surface area contributed by atoms with Crippen molar-refractivity contribution < 1.29 is 0 Å². The molecular formula is C9H7N3. The first-order valence-corrected chi connectivity index (χ1v) is 3.86. The Balaban J connectivity index is 2.52. The third-order valence-electron chi connectivity index (χ3n) is 2.06. The fraction of sp³-hybridized carbons (Fsp3) is 0. The summed E-state index contributed by atoms with van der Waals surface area (Å²) >= 11 is 0. The van der Waals surface area contributed by atoms with Crippen molar-refractivity contribution in [3.05, 3.63) is 34.9 Å². The van der Waals surface area contributed by atoms with Crippen molar-refractivity contribution in [3.63, 3.8) is 0 Å². The molecule has 1 aromatic heterocycles. The van der Waals surface area contributed by atoms with Crippen LogP contribution in [0.5, 0.6) is 0 Å². The SMILES string of the molecule is C1=C\C=c2\[nH]nc3c2=C(\C=C/1)N3. The Morgan fingerprint density at radius 1 is 1.17 bits per heavy atom. The third-order valence-corrected chi connectivity index (χ3v) is 2.06. The maximum Gasteiger partial charge on any atom is 0.162 e. The third kappa shape index (κ3) is 0.580. The lowest BCUT2D eigenvalue weighted by atomic mass is 10.1. The number of nitrogens with one attached hydrogen (secondary N) is 2. The summed E-state index contributed by atoms with van der Waals surface area (Å²) in [5, 5.41) is 12.5. The Hall–Kier alpha value is -1.77. The zero-order valence-electron chi connectivity index (χ0n) is 6.33. The zero-order chi connectivity index (χ0) is 7.97. The molecule has 3 rings (SSSR count). The molecule has 3 heteroatoms. The van der Waals surface area contributed by atoms with Gasteiger partial charge in [0.25, 0.3) is 0 Å². The van der Waals surface area contributed by atoms with Crippen molar-refractivity contribution in [2.45, 2.75) is 0 Å². The van der Waals surface area contributed by atoms with Gasteiger partial charge in [0.15, 0.2) is 5.82 Å². The van der Waals surface area contributed by atoms with Crippen molar-refractivity contribution >= 4 is 17.6 Å². The van der Waals surface area contributed by atoms with Crippen LogP contribution in [-0.4, -0.2) is 10.2 Å². The van der Waals surface area contributed by atoms with Gasteiger partial charge in [0.05, 0.1) is 16.3 Å².